The quantitative estimate of drug-likeness (QED) is 0.449. The molecule has 0 aromatic rings. The highest BCUT2D eigenvalue weighted by molar-refractivity contribution is 5.86. The molecule has 0 aromatic carbocycles. The average molecular weight is 170 g/mol. The summed E-state index contributed by atoms with van der Waals surface area (Å²) in [6, 6.07) is 0. The van der Waals surface area contributed by atoms with Crippen molar-refractivity contribution in [3.05, 3.63) is 12.7 Å². The van der Waals surface area contributed by atoms with Crippen LogP contribution in [0.1, 0.15) is 13.3 Å². The van der Waals surface area contributed by atoms with E-state index in [4.69, 9.17) is 10.2 Å². The molecule has 0 aliphatic heterocycles. The lowest BCUT2D eigenvalue weighted by Crippen LogP contribution is -1.85. The van der Waals surface area contributed by atoms with Gasteiger partial charge in [-0.1, -0.05) is 19.4 Å². The van der Waals surface area contributed by atoms with E-state index in [2.05, 4.69) is 12.5 Å². The predicted octanol–water partition coefficient (Wildman–Crippen LogP) is 0.741. The molecule has 0 aliphatic carbocycles. The van der Waals surface area contributed by atoms with Gasteiger partial charge in [0.1, 0.15) is 0 Å². The van der Waals surface area contributed by atoms with Gasteiger partial charge >= 0.3 is 11.9 Å². The highest BCUT2D eigenvalue weighted by Crippen LogP contribution is 1.65. The Morgan fingerprint density at radius 1 is 1.50 bits per heavy atom. The van der Waals surface area contributed by atoms with Crippen LogP contribution in [0.4, 0.5) is 0 Å². The van der Waals surface area contributed by atoms with Gasteiger partial charge in [-0.15, -0.1) is 0 Å². The van der Waals surface area contributed by atoms with E-state index in [0.29, 0.717) is 6.42 Å². The fourth-order valence-corrected chi connectivity index (χ4v) is 0.164. The third-order valence-electron chi connectivity index (χ3n) is 0.547. The van der Waals surface area contributed by atoms with Crippen molar-refractivity contribution >= 4 is 11.9 Å². The fraction of sp³-hybridized carbons (Fsp3) is 0.250. The van der Waals surface area contributed by atoms with Crippen LogP contribution in [-0.4, -0.2) is 22.2 Å². The van der Waals surface area contributed by atoms with Crippen LogP contribution in [0.15, 0.2) is 12.7 Å². The van der Waals surface area contributed by atoms with Crippen molar-refractivity contribution in [2.45, 2.75) is 13.3 Å². The van der Waals surface area contributed by atoms with Gasteiger partial charge < -0.3 is 10.2 Å². The number of carbonyl (C=O) groups is 2. The van der Waals surface area contributed by atoms with Crippen LogP contribution in [0.2, 0.25) is 0 Å². The predicted molar refractivity (Wildman–Crippen MR) is 43.5 cm³/mol. The minimum absolute atomic E-state index is 0.603. The maximum Gasteiger partial charge on any atom is 0.381 e. The van der Waals surface area contributed by atoms with E-state index in [9.17, 15) is 9.59 Å². The van der Waals surface area contributed by atoms with Crippen LogP contribution in [0.3, 0.4) is 0 Å². The first kappa shape index (κ1) is 12.9. The third kappa shape index (κ3) is 24.0. The summed E-state index contributed by atoms with van der Waals surface area (Å²) in [5.41, 5.74) is 0. The first-order valence-corrected chi connectivity index (χ1v) is 3.11. The number of carboxylic acid groups (broad SMARTS) is 2. The molecule has 12 heavy (non-hydrogen) atoms. The standard InChI is InChI=1S/C5H6O2.C3H4O2/c1-2-3-4-5(6)7;1-2-3(4)5/h2H2,1H3,(H,6,7);2H,1H2,(H,4,5). The summed E-state index contributed by atoms with van der Waals surface area (Å²) in [7, 11) is 0. The minimum Gasteiger partial charge on any atom is -0.478 e. The molecule has 0 fully saturated rings. The molecule has 0 radical (unpaired) electrons. The Bertz CT molecular complexity index is 219. The highest BCUT2D eigenvalue weighted by Gasteiger charge is 1.78. The van der Waals surface area contributed by atoms with E-state index >= 15 is 0 Å². The SMILES string of the molecule is C=CC(=O)O.CCC#CC(=O)O. The van der Waals surface area contributed by atoms with Gasteiger partial charge in [0, 0.05) is 18.4 Å². The summed E-state index contributed by atoms with van der Waals surface area (Å²) in [6.07, 6.45) is 1.44. The molecule has 0 heterocycles. The van der Waals surface area contributed by atoms with Gasteiger partial charge in [0.2, 0.25) is 0 Å². The molecule has 4 heteroatoms. The Labute approximate surface area is 70.5 Å². The van der Waals surface area contributed by atoms with Gasteiger partial charge in [-0.25, -0.2) is 9.59 Å². The summed E-state index contributed by atoms with van der Waals surface area (Å²) in [5, 5.41) is 15.5. The smallest absolute Gasteiger partial charge is 0.381 e. The number of aliphatic carboxylic acids is 2. The lowest BCUT2D eigenvalue weighted by molar-refractivity contribution is -0.132. The normalized spacial score (nSPS) is 6.42. The Hall–Kier alpha value is -1.76. The molecular formula is C8H10O4. The highest BCUT2D eigenvalue weighted by atomic mass is 16.4. The molecule has 0 unspecified atom stereocenters. The summed E-state index contributed by atoms with van der Waals surface area (Å²) >= 11 is 0. The number of carboxylic acids is 2. The first-order valence-electron chi connectivity index (χ1n) is 3.11. The van der Waals surface area contributed by atoms with E-state index < -0.39 is 11.9 Å². The molecule has 0 spiro atoms. The Kier molecular flexibility index (Phi) is 9.91. The van der Waals surface area contributed by atoms with Crippen molar-refractivity contribution in [1.29, 1.82) is 0 Å². The molecule has 0 aliphatic rings. The molecule has 66 valence electrons. The lowest BCUT2D eigenvalue weighted by Gasteiger charge is -1.67. The van der Waals surface area contributed by atoms with Crippen molar-refractivity contribution in [3.8, 4) is 11.8 Å². The van der Waals surface area contributed by atoms with Crippen LogP contribution >= 0.6 is 0 Å². The Balaban J connectivity index is 0. The Morgan fingerprint density at radius 2 is 1.92 bits per heavy atom. The van der Waals surface area contributed by atoms with Crippen LogP contribution in [0.25, 0.3) is 0 Å². The monoisotopic (exact) mass is 170 g/mol. The number of hydrogen-bond acceptors (Lipinski definition) is 2. The third-order valence-corrected chi connectivity index (χ3v) is 0.547. The van der Waals surface area contributed by atoms with Gasteiger partial charge in [-0.3, -0.25) is 0 Å². The van der Waals surface area contributed by atoms with Gasteiger partial charge in [-0.05, 0) is 0 Å². The zero-order chi connectivity index (χ0) is 9.98. The van der Waals surface area contributed by atoms with Crippen LogP contribution in [-0.2, 0) is 9.59 Å². The largest absolute Gasteiger partial charge is 0.478 e. The summed E-state index contributed by atoms with van der Waals surface area (Å²) in [6.45, 7) is 4.76. The van der Waals surface area contributed by atoms with E-state index in [0.717, 1.165) is 6.08 Å². The first-order chi connectivity index (χ1) is 5.54. The van der Waals surface area contributed by atoms with E-state index in [1.165, 1.54) is 0 Å². The van der Waals surface area contributed by atoms with Gasteiger partial charge in [-0.2, -0.15) is 0 Å². The number of rotatable bonds is 1. The minimum atomic E-state index is -1.05. The zero-order valence-corrected chi connectivity index (χ0v) is 6.70. The molecule has 2 N–H and O–H groups in total. The van der Waals surface area contributed by atoms with Gasteiger partial charge in [0.05, 0.1) is 0 Å². The second kappa shape index (κ2) is 9.24. The second-order valence-electron chi connectivity index (χ2n) is 1.50. The van der Waals surface area contributed by atoms with Crippen LogP contribution < -0.4 is 0 Å². The maximum absolute atomic E-state index is 9.58. The molecule has 0 aromatic heterocycles. The summed E-state index contributed by atoms with van der Waals surface area (Å²) in [4.78, 5) is 18.8. The Morgan fingerprint density at radius 3 is 2.00 bits per heavy atom. The molecular weight excluding hydrogens is 160 g/mol. The summed E-state index contributed by atoms with van der Waals surface area (Å²) in [5.74, 6) is 2.32. The van der Waals surface area contributed by atoms with Crippen LogP contribution in [0.5, 0.6) is 0 Å². The molecule has 0 saturated heterocycles. The van der Waals surface area contributed by atoms with Crippen molar-refractivity contribution < 1.29 is 19.8 Å². The van der Waals surface area contributed by atoms with Crippen molar-refractivity contribution in [2.24, 2.45) is 0 Å². The molecule has 0 saturated carbocycles. The van der Waals surface area contributed by atoms with Gasteiger partial charge in [0.25, 0.3) is 0 Å². The van der Waals surface area contributed by atoms with E-state index in [1.54, 1.807) is 6.92 Å². The second-order valence-corrected chi connectivity index (χ2v) is 1.50. The fourth-order valence-electron chi connectivity index (χ4n) is 0.164. The van der Waals surface area contributed by atoms with Gasteiger partial charge in [0.15, 0.2) is 0 Å². The lowest BCUT2D eigenvalue weighted by atomic mass is 10.5. The molecule has 0 bridgehead atoms. The van der Waals surface area contributed by atoms with E-state index in [1.807, 2.05) is 5.92 Å². The average Bonchev–Trinajstić information content (AvgIpc) is 2.02. The molecule has 0 rings (SSSR count). The van der Waals surface area contributed by atoms with Crippen molar-refractivity contribution in [1.82, 2.24) is 0 Å². The van der Waals surface area contributed by atoms with Crippen molar-refractivity contribution in [2.75, 3.05) is 0 Å². The summed E-state index contributed by atoms with van der Waals surface area (Å²) < 4.78 is 0. The number of hydrogen-bond donors (Lipinski definition) is 2. The topological polar surface area (TPSA) is 74.6 Å². The van der Waals surface area contributed by atoms with E-state index in [-0.39, 0.29) is 0 Å². The van der Waals surface area contributed by atoms with Crippen molar-refractivity contribution in [3.63, 3.8) is 0 Å². The van der Waals surface area contributed by atoms with Crippen LogP contribution in [0, 0.1) is 11.8 Å². The molecule has 0 atom stereocenters. The molecule has 4 nitrogen and oxygen atoms in total. The maximum atomic E-state index is 9.58. The zero-order valence-electron chi connectivity index (χ0n) is 6.70. The molecule has 0 amide bonds.